The zero-order valence-electron chi connectivity index (χ0n) is 11.7. The molecule has 0 aliphatic carbocycles. The lowest BCUT2D eigenvalue weighted by molar-refractivity contribution is 0.475. The normalized spacial score (nSPS) is 11.7. The molecule has 0 fully saturated rings. The van der Waals surface area contributed by atoms with E-state index < -0.39 is 10.0 Å². The van der Waals surface area contributed by atoms with Gasteiger partial charge >= 0.3 is 0 Å². The van der Waals surface area contributed by atoms with Crippen LogP contribution in [-0.4, -0.2) is 25.8 Å². The van der Waals surface area contributed by atoms with E-state index in [2.05, 4.69) is 13.2 Å². The summed E-state index contributed by atoms with van der Waals surface area (Å²) in [6, 6.07) is 10.4. The van der Waals surface area contributed by atoms with Gasteiger partial charge in [-0.05, 0) is 12.1 Å². The van der Waals surface area contributed by atoms with Crippen molar-refractivity contribution in [2.45, 2.75) is 4.90 Å². The van der Waals surface area contributed by atoms with Gasteiger partial charge in [0.15, 0.2) is 0 Å². The molecule has 2 aromatic rings. The topological polar surface area (TPSA) is 63.4 Å². The van der Waals surface area contributed by atoms with Gasteiger partial charge in [-0.15, -0.1) is 13.2 Å². The summed E-state index contributed by atoms with van der Waals surface area (Å²) in [7, 11) is -3.63. The molecule has 0 radical (unpaired) electrons. The third kappa shape index (κ3) is 2.84. The SMILES string of the molecule is C=CCN(CC=C)S(=O)(=O)c1ccc(N)c2ccccc12. The average Bonchev–Trinajstić information content (AvgIpc) is 2.47. The first-order valence-corrected chi connectivity index (χ1v) is 7.95. The first-order chi connectivity index (χ1) is 10.0. The largest absolute Gasteiger partial charge is 0.398 e. The quantitative estimate of drug-likeness (QED) is 0.659. The van der Waals surface area contributed by atoms with Crippen molar-refractivity contribution in [3.8, 4) is 0 Å². The number of nitrogens with zero attached hydrogens (tertiary/aromatic N) is 1. The van der Waals surface area contributed by atoms with E-state index in [0.717, 1.165) is 5.39 Å². The molecule has 0 bridgehead atoms. The van der Waals surface area contributed by atoms with Gasteiger partial charge in [0.05, 0.1) is 4.90 Å². The Kier molecular flexibility index (Phi) is 4.45. The number of hydrogen-bond acceptors (Lipinski definition) is 3. The minimum absolute atomic E-state index is 0.229. The minimum atomic E-state index is -3.63. The van der Waals surface area contributed by atoms with Gasteiger partial charge < -0.3 is 5.73 Å². The summed E-state index contributed by atoms with van der Waals surface area (Å²) < 4.78 is 27.0. The molecule has 2 rings (SSSR count). The molecule has 0 aliphatic rings. The molecular weight excluding hydrogens is 284 g/mol. The maximum atomic E-state index is 12.8. The highest BCUT2D eigenvalue weighted by molar-refractivity contribution is 7.89. The monoisotopic (exact) mass is 302 g/mol. The summed E-state index contributed by atoms with van der Waals surface area (Å²) in [4.78, 5) is 0.246. The van der Waals surface area contributed by atoms with E-state index >= 15 is 0 Å². The van der Waals surface area contributed by atoms with Crippen LogP contribution in [0.5, 0.6) is 0 Å². The van der Waals surface area contributed by atoms with Gasteiger partial charge in [-0.3, -0.25) is 0 Å². The number of nitrogen functional groups attached to an aromatic ring is 1. The van der Waals surface area contributed by atoms with Crippen molar-refractivity contribution >= 4 is 26.5 Å². The number of fused-ring (bicyclic) bond motifs is 1. The molecule has 21 heavy (non-hydrogen) atoms. The van der Waals surface area contributed by atoms with Crippen LogP contribution in [0.25, 0.3) is 10.8 Å². The van der Waals surface area contributed by atoms with Gasteiger partial charge in [0.2, 0.25) is 10.0 Å². The molecule has 0 spiro atoms. The van der Waals surface area contributed by atoms with Gasteiger partial charge in [0, 0.05) is 29.5 Å². The van der Waals surface area contributed by atoms with Gasteiger partial charge in [-0.25, -0.2) is 8.42 Å². The number of hydrogen-bond donors (Lipinski definition) is 1. The van der Waals surface area contributed by atoms with Crippen molar-refractivity contribution < 1.29 is 8.42 Å². The minimum Gasteiger partial charge on any atom is -0.398 e. The molecule has 2 aromatic carbocycles. The zero-order chi connectivity index (χ0) is 15.5. The van der Waals surface area contributed by atoms with Crippen molar-refractivity contribution in [2.75, 3.05) is 18.8 Å². The maximum Gasteiger partial charge on any atom is 0.244 e. The smallest absolute Gasteiger partial charge is 0.244 e. The van der Waals surface area contributed by atoms with Crippen LogP contribution in [0.1, 0.15) is 0 Å². The highest BCUT2D eigenvalue weighted by atomic mass is 32.2. The lowest BCUT2D eigenvalue weighted by Gasteiger charge is -2.20. The van der Waals surface area contributed by atoms with Crippen LogP contribution in [-0.2, 0) is 10.0 Å². The number of nitrogens with two attached hydrogens (primary N) is 1. The second-order valence-electron chi connectivity index (χ2n) is 4.60. The van der Waals surface area contributed by atoms with Gasteiger partial charge in [0.1, 0.15) is 0 Å². The van der Waals surface area contributed by atoms with Gasteiger partial charge in [-0.1, -0.05) is 36.4 Å². The van der Waals surface area contributed by atoms with Crippen LogP contribution in [0.3, 0.4) is 0 Å². The standard InChI is InChI=1S/C16H18N2O2S/c1-3-11-18(12-4-2)21(19,20)16-10-9-15(17)13-7-5-6-8-14(13)16/h3-10H,1-2,11-12,17H2. The van der Waals surface area contributed by atoms with Crippen LogP contribution in [0.2, 0.25) is 0 Å². The third-order valence-corrected chi connectivity index (χ3v) is 5.09. The summed E-state index contributed by atoms with van der Waals surface area (Å²) in [5.41, 5.74) is 6.48. The lowest BCUT2D eigenvalue weighted by atomic mass is 10.1. The summed E-state index contributed by atoms with van der Waals surface area (Å²) in [5.74, 6) is 0. The third-order valence-electron chi connectivity index (χ3n) is 3.20. The Balaban J connectivity index is 2.67. The molecule has 0 unspecified atom stereocenters. The van der Waals surface area contributed by atoms with Crippen molar-refractivity contribution in [1.82, 2.24) is 4.31 Å². The van der Waals surface area contributed by atoms with E-state index in [1.807, 2.05) is 12.1 Å². The highest BCUT2D eigenvalue weighted by Gasteiger charge is 2.24. The molecule has 2 N–H and O–H groups in total. The first kappa shape index (κ1) is 15.3. The Morgan fingerprint density at radius 1 is 1.00 bits per heavy atom. The number of anilines is 1. The molecule has 0 aromatic heterocycles. The fourth-order valence-corrected chi connectivity index (χ4v) is 3.79. The van der Waals surface area contributed by atoms with Crippen molar-refractivity contribution in [1.29, 1.82) is 0 Å². The van der Waals surface area contributed by atoms with Crippen LogP contribution in [0, 0.1) is 0 Å². The fraction of sp³-hybridized carbons (Fsp3) is 0.125. The molecule has 0 atom stereocenters. The Morgan fingerprint density at radius 2 is 1.57 bits per heavy atom. The molecule has 0 aliphatic heterocycles. The van der Waals surface area contributed by atoms with Crippen LogP contribution in [0.4, 0.5) is 5.69 Å². The summed E-state index contributed by atoms with van der Waals surface area (Å²) in [6.45, 7) is 7.67. The Morgan fingerprint density at radius 3 is 2.14 bits per heavy atom. The van der Waals surface area contributed by atoms with E-state index in [-0.39, 0.29) is 18.0 Å². The predicted octanol–water partition coefficient (Wildman–Crippen LogP) is 2.78. The van der Waals surface area contributed by atoms with E-state index in [4.69, 9.17) is 5.73 Å². The van der Waals surface area contributed by atoms with Crippen molar-refractivity contribution in [3.63, 3.8) is 0 Å². The average molecular weight is 302 g/mol. The predicted molar refractivity (Wildman–Crippen MR) is 87.5 cm³/mol. The number of sulfonamides is 1. The number of rotatable bonds is 6. The van der Waals surface area contributed by atoms with Crippen LogP contribution in [0.15, 0.2) is 66.6 Å². The Bertz CT molecular complexity index is 772. The van der Waals surface area contributed by atoms with Crippen LogP contribution < -0.4 is 5.73 Å². The molecule has 5 heteroatoms. The zero-order valence-corrected chi connectivity index (χ0v) is 12.5. The van der Waals surface area contributed by atoms with E-state index in [1.54, 1.807) is 36.4 Å². The summed E-state index contributed by atoms with van der Waals surface area (Å²) >= 11 is 0. The van der Waals surface area contributed by atoms with Crippen LogP contribution >= 0.6 is 0 Å². The van der Waals surface area contributed by atoms with Gasteiger partial charge in [0.25, 0.3) is 0 Å². The number of benzene rings is 2. The Hall–Kier alpha value is -2.11. The van der Waals surface area contributed by atoms with Gasteiger partial charge in [-0.2, -0.15) is 4.31 Å². The van der Waals surface area contributed by atoms with E-state index in [9.17, 15) is 8.42 Å². The highest BCUT2D eigenvalue weighted by Crippen LogP contribution is 2.29. The fourth-order valence-electron chi connectivity index (χ4n) is 2.22. The van der Waals surface area contributed by atoms with Crippen molar-refractivity contribution in [3.05, 3.63) is 61.7 Å². The second-order valence-corrected chi connectivity index (χ2v) is 6.50. The summed E-state index contributed by atoms with van der Waals surface area (Å²) in [6.07, 6.45) is 3.11. The van der Waals surface area contributed by atoms with E-state index in [1.165, 1.54) is 4.31 Å². The second kappa shape index (κ2) is 6.11. The Labute approximate surface area is 125 Å². The molecule has 0 saturated carbocycles. The molecule has 0 saturated heterocycles. The van der Waals surface area contributed by atoms with Crippen molar-refractivity contribution in [2.24, 2.45) is 0 Å². The lowest BCUT2D eigenvalue weighted by Crippen LogP contribution is -2.31. The molecule has 0 heterocycles. The molecule has 4 nitrogen and oxygen atoms in total. The van der Waals surface area contributed by atoms with E-state index in [0.29, 0.717) is 11.1 Å². The molecule has 0 amide bonds. The molecule has 110 valence electrons. The first-order valence-electron chi connectivity index (χ1n) is 6.51. The summed E-state index contributed by atoms with van der Waals surface area (Å²) in [5, 5.41) is 1.35. The maximum absolute atomic E-state index is 12.8. The molecular formula is C16H18N2O2S.